The van der Waals surface area contributed by atoms with Crippen molar-refractivity contribution in [2.45, 2.75) is 13.8 Å². The van der Waals surface area contributed by atoms with Crippen molar-refractivity contribution in [3.63, 3.8) is 0 Å². The maximum Gasteiger partial charge on any atom is 0.352 e. The van der Waals surface area contributed by atoms with E-state index >= 15 is 0 Å². The molecule has 0 aromatic heterocycles. The zero-order chi connectivity index (χ0) is 12.8. The molecule has 0 heterocycles. The third-order valence-corrected chi connectivity index (χ3v) is 4.98. The van der Waals surface area contributed by atoms with Crippen LogP contribution < -0.4 is 10.4 Å². The summed E-state index contributed by atoms with van der Waals surface area (Å²) in [6, 6.07) is 20.9. The van der Waals surface area contributed by atoms with Gasteiger partial charge in [0.05, 0.1) is 5.76 Å². The highest BCUT2D eigenvalue weighted by molar-refractivity contribution is 6.80. The van der Waals surface area contributed by atoms with Gasteiger partial charge in [-0.05, 0) is 24.2 Å². The second-order valence-corrected chi connectivity index (χ2v) is 6.08. The maximum atomic E-state index is 6.13. The first-order valence-electron chi connectivity index (χ1n) is 6.10. The Morgan fingerprint density at radius 3 is 1.72 bits per heavy atom. The number of benzene rings is 2. The number of hydrogen-bond donors (Lipinski definition) is 0. The molecule has 0 saturated heterocycles. The van der Waals surface area contributed by atoms with Gasteiger partial charge in [0, 0.05) is 0 Å². The van der Waals surface area contributed by atoms with Crippen molar-refractivity contribution in [3.05, 3.63) is 72.5 Å². The normalized spacial score (nSPS) is 11.6. The molecule has 0 bridgehead atoms. The molecule has 2 aromatic rings. The Bertz CT molecular complexity index is 466. The first kappa shape index (κ1) is 12.6. The molecular weight excluding hydrogens is 236 g/mol. The predicted molar refractivity (Wildman–Crippen MR) is 78.4 cm³/mol. The molecule has 0 amide bonds. The average Bonchev–Trinajstić information content (AvgIpc) is 2.46. The minimum absolute atomic E-state index is 0.983. The smallest absolute Gasteiger partial charge is 0.352 e. The highest BCUT2D eigenvalue weighted by Crippen LogP contribution is 2.01. The van der Waals surface area contributed by atoms with Crippen molar-refractivity contribution in [1.29, 1.82) is 0 Å². The number of hydrogen-bond acceptors (Lipinski definition) is 1. The summed E-state index contributed by atoms with van der Waals surface area (Å²) in [5.74, 6) is 0.983. The Hall–Kier alpha value is -1.80. The molecule has 18 heavy (non-hydrogen) atoms. The Morgan fingerprint density at radius 2 is 1.33 bits per heavy atom. The van der Waals surface area contributed by atoms with Gasteiger partial charge in [0.2, 0.25) is 0 Å². The standard InChI is InChI=1S/C16H17OSi/c1-3-14(2)17-18(15-10-6-4-7-11-15)16-12-8-5-9-13-16/h3-13H,1-2H3/b14-3+. The van der Waals surface area contributed by atoms with E-state index in [0.29, 0.717) is 0 Å². The molecule has 0 saturated carbocycles. The first-order valence-corrected chi connectivity index (χ1v) is 7.50. The van der Waals surface area contributed by atoms with Gasteiger partial charge in [-0.15, -0.1) is 0 Å². The highest BCUT2D eigenvalue weighted by atomic mass is 28.3. The van der Waals surface area contributed by atoms with Gasteiger partial charge < -0.3 is 4.43 Å². The van der Waals surface area contributed by atoms with Crippen LogP contribution in [0.25, 0.3) is 0 Å². The van der Waals surface area contributed by atoms with Crippen LogP contribution in [-0.4, -0.2) is 9.04 Å². The largest absolute Gasteiger partial charge is 0.536 e. The molecule has 91 valence electrons. The van der Waals surface area contributed by atoms with Crippen LogP contribution in [0, 0.1) is 0 Å². The van der Waals surface area contributed by atoms with Gasteiger partial charge in [0.1, 0.15) is 0 Å². The third kappa shape index (κ3) is 3.11. The van der Waals surface area contributed by atoms with Gasteiger partial charge in [0.25, 0.3) is 0 Å². The second kappa shape index (κ2) is 6.22. The molecule has 0 aliphatic rings. The van der Waals surface area contributed by atoms with E-state index in [0.717, 1.165) is 5.76 Å². The van der Waals surface area contributed by atoms with Crippen molar-refractivity contribution in [3.8, 4) is 0 Å². The van der Waals surface area contributed by atoms with E-state index in [-0.39, 0.29) is 0 Å². The van der Waals surface area contributed by atoms with Gasteiger partial charge >= 0.3 is 9.04 Å². The maximum absolute atomic E-state index is 6.13. The third-order valence-electron chi connectivity index (χ3n) is 2.74. The average molecular weight is 253 g/mol. The molecule has 2 heteroatoms. The van der Waals surface area contributed by atoms with E-state index in [2.05, 4.69) is 48.5 Å². The van der Waals surface area contributed by atoms with Gasteiger partial charge in [-0.1, -0.05) is 66.7 Å². The predicted octanol–water partition coefficient (Wildman–Crippen LogP) is 2.73. The summed E-state index contributed by atoms with van der Waals surface area (Å²) in [5.41, 5.74) is 0. The molecular formula is C16H17OSi. The van der Waals surface area contributed by atoms with Crippen LogP contribution in [0.5, 0.6) is 0 Å². The summed E-state index contributed by atoms with van der Waals surface area (Å²) < 4.78 is 6.13. The Morgan fingerprint density at radius 1 is 0.889 bits per heavy atom. The lowest BCUT2D eigenvalue weighted by molar-refractivity contribution is 0.451. The van der Waals surface area contributed by atoms with Gasteiger partial charge in [0.15, 0.2) is 0 Å². The van der Waals surface area contributed by atoms with Crippen molar-refractivity contribution in [2.75, 3.05) is 0 Å². The topological polar surface area (TPSA) is 9.23 Å². The fraction of sp³-hybridized carbons (Fsp3) is 0.125. The number of allylic oxidation sites excluding steroid dienone is 2. The van der Waals surface area contributed by atoms with Crippen LogP contribution in [0.4, 0.5) is 0 Å². The van der Waals surface area contributed by atoms with Crippen LogP contribution >= 0.6 is 0 Å². The molecule has 0 aliphatic carbocycles. The van der Waals surface area contributed by atoms with Crippen LogP contribution in [0.3, 0.4) is 0 Å². The Kier molecular flexibility index (Phi) is 4.37. The Labute approximate surface area is 110 Å². The molecule has 0 spiro atoms. The zero-order valence-corrected chi connectivity index (χ0v) is 11.8. The van der Waals surface area contributed by atoms with Crippen molar-refractivity contribution in [1.82, 2.24) is 0 Å². The van der Waals surface area contributed by atoms with Crippen molar-refractivity contribution < 1.29 is 4.43 Å². The zero-order valence-electron chi connectivity index (χ0n) is 10.8. The summed E-state index contributed by atoms with van der Waals surface area (Å²) in [7, 11) is -1.18. The summed E-state index contributed by atoms with van der Waals surface area (Å²) in [6.45, 7) is 4.02. The summed E-state index contributed by atoms with van der Waals surface area (Å²) in [4.78, 5) is 0. The van der Waals surface area contributed by atoms with E-state index in [1.54, 1.807) is 0 Å². The number of rotatable bonds is 4. The second-order valence-electron chi connectivity index (χ2n) is 4.06. The molecule has 0 aliphatic heterocycles. The van der Waals surface area contributed by atoms with Gasteiger partial charge in [-0.25, -0.2) is 0 Å². The Balaban J connectivity index is 2.35. The molecule has 0 N–H and O–H groups in total. The van der Waals surface area contributed by atoms with Crippen molar-refractivity contribution in [2.24, 2.45) is 0 Å². The molecule has 2 aromatic carbocycles. The van der Waals surface area contributed by atoms with Crippen molar-refractivity contribution >= 4 is 19.4 Å². The monoisotopic (exact) mass is 253 g/mol. The lowest BCUT2D eigenvalue weighted by atomic mass is 10.4. The van der Waals surface area contributed by atoms with E-state index in [1.165, 1.54) is 10.4 Å². The van der Waals surface area contributed by atoms with Crippen LogP contribution in [0.15, 0.2) is 72.5 Å². The molecule has 2 rings (SSSR count). The fourth-order valence-corrected chi connectivity index (χ4v) is 3.68. The quantitative estimate of drug-likeness (QED) is 0.601. The van der Waals surface area contributed by atoms with E-state index in [9.17, 15) is 0 Å². The van der Waals surface area contributed by atoms with E-state index in [4.69, 9.17) is 4.43 Å². The van der Waals surface area contributed by atoms with Crippen LogP contribution in [0.1, 0.15) is 13.8 Å². The van der Waals surface area contributed by atoms with Crippen LogP contribution in [-0.2, 0) is 4.43 Å². The summed E-state index contributed by atoms with van der Waals surface area (Å²) in [6.07, 6.45) is 2.01. The summed E-state index contributed by atoms with van der Waals surface area (Å²) in [5, 5.41) is 2.55. The van der Waals surface area contributed by atoms with E-state index < -0.39 is 9.04 Å². The first-order chi connectivity index (χ1) is 8.81. The molecule has 0 fully saturated rings. The van der Waals surface area contributed by atoms with Gasteiger partial charge in [-0.3, -0.25) is 0 Å². The lowest BCUT2D eigenvalue weighted by Gasteiger charge is -2.17. The minimum atomic E-state index is -1.18. The fourth-order valence-electron chi connectivity index (χ4n) is 1.68. The molecule has 1 radical (unpaired) electrons. The molecule has 1 nitrogen and oxygen atoms in total. The lowest BCUT2D eigenvalue weighted by Crippen LogP contribution is -2.44. The summed E-state index contributed by atoms with van der Waals surface area (Å²) >= 11 is 0. The van der Waals surface area contributed by atoms with Gasteiger partial charge in [-0.2, -0.15) is 0 Å². The minimum Gasteiger partial charge on any atom is -0.536 e. The van der Waals surface area contributed by atoms with Crippen LogP contribution in [0.2, 0.25) is 0 Å². The van der Waals surface area contributed by atoms with E-state index in [1.807, 2.05) is 32.1 Å². The highest BCUT2D eigenvalue weighted by Gasteiger charge is 2.20. The SMILES string of the molecule is C/C=C(\C)O[Si](c1ccccc1)c1ccccc1. The molecule has 0 unspecified atom stereocenters. The molecule has 0 atom stereocenters.